The largest absolute Gasteiger partial charge is 0.372 e. The molecule has 2 aliphatic heterocycles. The van der Waals surface area contributed by atoms with E-state index in [1.165, 1.54) is 0 Å². The number of rotatable bonds is 6. The highest BCUT2D eigenvalue weighted by molar-refractivity contribution is 5.24. The molecule has 2 aromatic rings. The maximum Gasteiger partial charge on any atom is 0.222 e. The van der Waals surface area contributed by atoms with Crippen LogP contribution >= 0.6 is 0 Å². The smallest absolute Gasteiger partial charge is 0.222 e. The molecule has 0 aliphatic carbocycles. The number of nitrogens with zero attached hydrogens (tertiary/aromatic N) is 4. The molecule has 1 spiro atoms. The topological polar surface area (TPSA) is 76.3 Å². The summed E-state index contributed by atoms with van der Waals surface area (Å²) in [7, 11) is 0. The van der Waals surface area contributed by atoms with E-state index in [1.54, 1.807) is 0 Å². The fraction of sp³-hybridized carbons (Fsp3) is 0.611. The maximum atomic E-state index is 6.14. The van der Waals surface area contributed by atoms with Crippen molar-refractivity contribution in [1.29, 1.82) is 0 Å². The third-order valence-electron chi connectivity index (χ3n) is 5.20. The highest BCUT2D eigenvalue weighted by atomic mass is 16.5. The van der Waals surface area contributed by atoms with Crippen molar-refractivity contribution in [2.75, 3.05) is 31.6 Å². The van der Waals surface area contributed by atoms with E-state index in [4.69, 9.17) is 9.26 Å². The molecule has 4 heterocycles. The van der Waals surface area contributed by atoms with Gasteiger partial charge in [-0.25, -0.2) is 9.97 Å². The number of nitrogens with one attached hydrogen (secondary N) is 1. The lowest BCUT2D eigenvalue weighted by atomic mass is 9.79. The van der Waals surface area contributed by atoms with Crippen molar-refractivity contribution in [3.05, 3.63) is 35.5 Å². The van der Waals surface area contributed by atoms with Gasteiger partial charge in [-0.1, -0.05) is 5.16 Å². The first-order valence-electron chi connectivity index (χ1n) is 8.94. The van der Waals surface area contributed by atoms with Crippen LogP contribution < -0.4 is 5.32 Å². The molecule has 1 atom stereocenters. The zero-order valence-electron chi connectivity index (χ0n) is 14.9. The van der Waals surface area contributed by atoms with E-state index >= 15 is 0 Å². The lowest BCUT2D eigenvalue weighted by Crippen LogP contribution is -2.64. The highest BCUT2D eigenvalue weighted by Gasteiger charge is 2.52. The van der Waals surface area contributed by atoms with Crippen LogP contribution in [-0.4, -0.2) is 51.9 Å². The molecule has 2 fully saturated rings. The van der Waals surface area contributed by atoms with Gasteiger partial charge in [0.25, 0.3) is 0 Å². The summed E-state index contributed by atoms with van der Waals surface area (Å²) in [6.45, 7) is 8.45. The molecule has 0 aromatic carbocycles. The molecule has 7 nitrogen and oxygen atoms in total. The molecule has 4 rings (SSSR count). The molecule has 25 heavy (non-hydrogen) atoms. The van der Waals surface area contributed by atoms with E-state index in [0.717, 1.165) is 62.6 Å². The van der Waals surface area contributed by atoms with Gasteiger partial charge in [0, 0.05) is 51.2 Å². The fourth-order valence-electron chi connectivity index (χ4n) is 3.93. The Balaban J connectivity index is 1.26. The number of aryl methyl sites for hydroxylation is 2. The van der Waals surface area contributed by atoms with Crippen molar-refractivity contribution in [3.63, 3.8) is 0 Å². The second kappa shape index (κ2) is 6.72. The van der Waals surface area contributed by atoms with Gasteiger partial charge in [-0.2, -0.15) is 0 Å². The normalized spacial score (nSPS) is 22.2. The lowest BCUT2D eigenvalue weighted by Gasteiger charge is -2.50. The van der Waals surface area contributed by atoms with Crippen LogP contribution in [0.25, 0.3) is 0 Å². The van der Waals surface area contributed by atoms with Crippen LogP contribution in [0.5, 0.6) is 0 Å². The fourth-order valence-corrected chi connectivity index (χ4v) is 3.93. The minimum Gasteiger partial charge on any atom is -0.372 e. The molecule has 2 saturated heterocycles. The van der Waals surface area contributed by atoms with Gasteiger partial charge in [0.15, 0.2) is 0 Å². The maximum absolute atomic E-state index is 6.14. The molecular formula is C18H25N5O2. The van der Waals surface area contributed by atoms with E-state index in [9.17, 15) is 0 Å². The number of aromatic nitrogens is 3. The summed E-state index contributed by atoms with van der Waals surface area (Å²) in [5, 5.41) is 7.40. The molecule has 1 N–H and O–H groups in total. The van der Waals surface area contributed by atoms with Gasteiger partial charge in [-0.15, -0.1) is 0 Å². The second-order valence-corrected chi connectivity index (χ2v) is 7.27. The first kappa shape index (κ1) is 16.5. The van der Waals surface area contributed by atoms with Crippen molar-refractivity contribution in [2.24, 2.45) is 5.92 Å². The van der Waals surface area contributed by atoms with Gasteiger partial charge in [-0.3, -0.25) is 4.90 Å². The van der Waals surface area contributed by atoms with Crippen molar-refractivity contribution >= 4 is 5.95 Å². The highest BCUT2D eigenvalue weighted by Crippen LogP contribution is 2.42. The third-order valence-corrected chi connectivity index (χ3v) is 5.20. The van der Waals surface area contributed by atoms with E-state index in [0.29, 0.717) is 11.9 Å². The molecule has 0 radical (unpaired) electrons. The molecule has 0 bridgehead atoms. The van der Waals surface area contributed by atoms with Crippen molar-refractivity contribution in [3.8, 4) is 0 Å². The van der Waals surface area contributed by atoms with Gasteiger partial charge in [-0.05, 0) is 38.2 Å². The van der Waals surface area contributed by atoms with Crippen molar-refractivity contribution in [2.45, 2.75) is 38.8 Å². The first-order chi connectivity index (χ1) is 12.1. The summed E-state index contributed by atoms with van der Waals surface area (Å²) in [5.41, 5.74) is 2.10. The molecule has 0 saturated carbocycles. The molecular weight excluding hydrogens is 318 g/mol. The zero-order valence-corrected chi connectivity index (χ0v) is 14.9. The Hall–Kier alpha value is -1.99. The Morgan fingerprint density at radius 2 is 2.08 bits per heavy atom. The standard InChI is InChI=1S/C18H25N5O2/c1-13-8-20-17(21-9-13)19-5-3-15-4-6-24-18(15)11-23(12-18)10-16-7-14(2)25-22-16/h7-9,15H,3-6,10-12H2,1-2H3,(H,19,20,21)/t15-/m0/s1. The average molecular weight is 343 g/mol. The summed E-state index contributed by atoms with van der Waals surface area (Å²) in [5.74, 6) is 2.15. The molecule has 2 aromatic heterocycles. The molecule has 2 aliphatic rings. The Morgan fingerprint density at radius 1 is 1.28 bits per heavy atom. The summed E-state index contributed by atoms with van der Waals surface area (Å²) in [4.78, 5) is 11.0. The SMILES string of the molecule is Cc1cnc(NCC[C@H]2CCOC23CN(Cc2cc(C)on2)C3)nc1. The lowest BCUT2D eigenvalue weighted by molar-refractivity contribution is -0.136. The monoisotopic (exact) mass is 343 g/mol. The Bertz CT molecular complexity index is 709. The molecule has 7 heteroatoms. The van der Waals surface area contributed by atoms with Crippen LogP contribution in [0, 0.1) is 19.8 Å². The number of anilines is 1. The summed E-state index contributed by atoms with van der Waals surface area (Å²) < 4.78 is 11.3. The van der Waals surface area contributed by atoms with Gasteiger partial charge in [0.1, 0.15) is 5.76 Å². The third kappa shape index (κ3) is 3.52. The van der Waals surface area contributed by atoms with Crippen molar-refractivity contribution in [1.82, 2.24) is 20.0 Å². The predicted molar refractivity (Wildman–Crippen MR) is 93.2 cm³/mol. The van der Waals surface area contributed by atoms with Gasteiger partial charge in [0.05, 0.1) is 11.3 Å². The number of hydrogen-bond acceptors (Lipinski definition) is 7. The predicted octanol–water partition coefficient (Wildman–Crippen LogP) is 2.17. The number of hydrogen-bond donors (Lipinski definition) is 1. The van der Waals surface area contributed by atoms with Crippen LogP contribution in [0.3, 0.4) is 0 Å². The summed E-state index contributed by atoms with van der Waals surface area (Å²) >= 11 is 0. The van der Waals surface area contributed by atoms with Crippen LogP contribution in [-0.2, 0) is 11.3 Å². The van der Waals surface area contributed by atoms with E-state index in [-0.39, 0.29) is 5.60 Å². The summed E-state index contributed by atoms with van der Waals surface area (Å²) in [6.07, 6.45) is 5.89. The Morgan fingerprint density at radius 3 is 2.80 bits per heavy atom. The number of likely N-dealkylation sites (tertiary alicyclic amines) is 1. The van der Waals surface area contributed by atoms with Crippen LogP contribution in [0.2, 0.25) is 0 Å². The minimum atomic E-state index is 0.0224. The second-order valence-electron chi connectivity index (χ2n) is 7.27. The Kier molecular flexibility index (Phi) is 4.43. The Labute approximate surface area is 147 Å². The number of ether oxygens (including phenoxy) is 1. The molecule has 0 amide bonds. The van der Waals surface area contributed by atoms with Gasteiger partial charge in [0.2, 0.25) is 5.95 Å². The van der Waals surface area contributed by atoms with Crippen LogP contribution in [0.4, 0.5) is 5.95 Å². The minimum absolute atomic E-state index is 0.0224. The quantitative estimate of drug-likeness (QED) is 0.861. The van der Waals surface area contributed by atoms with Crippen LogP contribution in [0.1, 0.15) is 29.9 Å². The van der Waals surface area contributed by atoms with E-state index < -0.39 is 0 Å². The van der Waals surface area contributed by atoms with E-state index in [1.807, 2.05) is 32.3 Å². The van der Waals surface area contributed by atoms with Crippen LogP contribution in [0.15, 0.2) is 23.0 Å². The average Bonchev–Trinajstić information content (AvgIpc) is 3.16. The molecule has 0 unspecified atom stereocenters. The molecule has 134 valence electrons. The van der Waals surface area contributed by atoms with Gasteiger partial charge < -0.3 is 14.6 Å². The first-order valence-corrected chi connectivity index (χ1v) is 8.94. The summed E-state index contributed by atoms with van der Waals surface area (Å²) in [6, 6.07) is 2.00. The van der Waals surface area contributed by atoms with Crippen molar-refractivity contribution < 1.29 is 9.26 Å². The zero-order chi connectivity index (χ0) is 17.3. The van der Waals surface area contributed by atoms with Gasteiger partial charge >= 0.3 is 0 Å². The van der Waals surface area contributed by atoms with E-state index in [2.05, 4.69) is 25.3 Å².